The molecule has 0 saturated carbocycles. The SMILES string of the molecule is Cc1cccc(Oc2ccc(NC(=O)CNS(=O)(=O)c3ccc(F)cc3)cc2)c1. The molecule has 6 nitrogen and oxygen atoms in total. The Kier molecular flexibility index (Phi) is 6.26. The van der Waals surface area contributed by atoms with Crippen molar-refractivity contribution in [1.82, 2.24) is 4.72 Å². The van der Waals surface area contributed by atoms with E-state index in [1.165, 1.54) is 0 Å². The Morgan fingerprint density at radius 2 is 1.66 bits per heavy atom. The van der Waals surface area contributed by atoms with E-state index in [4.69, 9.17) is 4.74 Å². The molecule has 29 heavy (non-hydrogen) atoms. The van der Waals surface area contributed by atoms with E-state index in [2.05, 4.69) is 10.0 Å². The summed E-state index contributed by atoms with van der Waals surface area (Å²) in [5.41, 5.74) is 1.57. The number of benzene rings is 3. The third-order valence-electron chi connectivity index (χ3n) is 3.91. The van der Waals surface area contributed by atoms with Gasteiger partial charge in [-0.2, -0.15) is 0 Å². The van der Waals surface area contributed by atoms with Gasteiger partial charge in [0.15, 0.2) is 0 Å². The number of amides is 1. The van der Waals surface area contributed by atoms with Crippen LogP contribution in [0.2, 0.25) is 0 Å². The van der Waals surface area contributed by atoms with Gasteiger partial charge in [0.05, 0.1) is 11.4 Å². The molecular weight excluding hydrogens is 395 g/mol. The summed E-state index contributed by atoms with van der Waals surface area (Å²) in [5, 5.41) is 2.59. The van der Waals surface area contributed by atoms with E-state index in [0.717, 1.165) is 29.8 Å². The normalized spacial score (nSPS) is 11.1. The van der Waals surface area contributed by atoms with Gasteiger partial charge in [-0.15, -0.1) is 0 Å². The van der Waals surface area contributed by atoms with Crippen LogP contribution in [0.25, 0.3) is 0 Å². The molecule has 0 spiro atoms. The van der Waals surface area contributed by atoms with Gasteiger partial charge in [-0.3, -0.25) is 4.79 Å². The van der Waals surface area contributed by atoms with Crippen LogP contribution < -0.4 is 14.8 Å². The minimum absolute atomic E-state index is 0.121. The summed E-state index contributed by atoms with van der Waals surface area (Å²) in [6, 6.07) is 18.6. The lowest BCUT2D eigenvalue weighted by molar-refractivity contribution is -0.115. The van der Waals surface area contributed by atoms with Crippen molar-refractivity contribution in [3.05, 3.63) is 84.2 Å². The Bertz CT molecular complexity index is 1100. The Labute approximate surface area is 168 Å². The number of ether oxygens (including phenoxy) is 1. The van der Waals surface area contributed by atoms with Crippen LogP contribution in [-0.4, -0.2) is 20.9 Å². The summed E-state index contributed by atoms with van der Waals surface area (Å²) < 4.78 is 45.1. The molecule has 0 unspecified atom stereocenters. The van der Waals surface area contributed by atoms with Crippen LogP contribution in [0.1, 0.15) is 5.56 Å². The van der Waals surface area contributed by atoms with Crippen molar-refractivity contribution in [2.45, 2.75) is 11.8 Å². The van der Waals surface area contributed by atoms with Crippen LogP contribution in [0.15, 0.2) is 77.7 Å². The number of hydrogen-bond donors (Lipinski definition) is 2. The molecule has 1 amide bonds. The van der Waals surface area contributed by atoms with Crippen LogP contribution in [-0.2, 0) is 14.8 Å². The van der Waals surface area contributed by atoms with Gasteiger partial charge in [0.2, 0.25) is 15.9 Å². The highest BCUT2D eigenvalue weighted by Gasteiger charge is 2.15. The van der Waals surface area contributed by atoms with Gasteiger partial charge < -0.3 is 10.1 Å². The van der Waals surface area contributed by atoms with Gasteiger partial charge in [0.1, 0.15) is 17.3 Å². The van der Waals surface area contributed by atoms with E-state index in [-0.39, 0.29) is 4.90 Å². The van der Waals surface area contributed by atoms with Crippen molar-refractivity contribution in [1.29, 1.82) is 0 Å². The number of anilines is 1. The molecule has 3 aromatic rings. The molecule has 0 radical (unpaired) electrons. The van der Waals surface area contributed by atoms with E-state index in [9.17, 15) is 17.6 Å². The zero-order valence-electron chi connectivity index (χ0n) is 15.6. The maximum atomic E-state index is 12.9. The molecule has 0 aliphatic rings. The van der Waals surface area contributed by atoms with E-state index in [1.54, 1.807) is 24.3 Å². The Balaban J connectivity index is 1.54. The lowest BCUT2D eigenvalue weighted by atomic mass is 10.2. The second-order valence-electron chi connectivity index (χ2n) is 6.27. The van der Waals surface area contributed by atoms with Crippen molar-refractivity contribution < 1.29 is 22.3 Å². The van der Waals surface area contributed by atoms with E-state index >= 15 is 0 Å². The summed E-state index contributed by atoms with van der Waals surface area (Å²) in [4.78, 5) is 11.9. The number of hydrogen-bond acceptors (Lipinski definition) is 4. The van der Waals surface area contributed by atoms with E-state index in [0.29, 0.717) is 17.2 Å². The summed E-state index contributed by atoms with van der Waals surface area (Å²) in [6.45, 7) is 1.51. The largest absolute Gasteiger partial charge is 0.457 e. The first-order valence-electron chi connectivity index (χ1n) is 8.71. The molecule has 0 aliphatic heterocycles. The van der Waals surface area contributed by atoms with Gasteiger partial charge in [-0.25, -0.2) is 17.5 Å². The first kappa shape index (κ1) is 20.5. The van der Waals surface area contributed by atoms with Crippen LogP contribution >= 0.6 is 0 Å². The maximum Gasteiger partial charge on any atom is 0.241 e. The predicted molar refractivity (Wildman–Crippen MR) is 108 cm³/mol. The van der Waals surface area contributed by atoms with Gasteiger partial charge in [-0.05, 0) is 73.2 Å². The molecule has 3 rings (SSSR count). The minimum atomic E-state index is -3.91. The smallest absolute Gasteiger partial charge is 0.241 e. The number of nitrogens with one attached hydrogen (secondary N) is 2. The molecular formula is C21H19FN2O4S. The molecule has 2 N–H and O–H groups in total. The molecule has 3 aromatic carbocycles. The highest BCUT2D eigenvalue weighted by molar-refractivity contribution is 7.89. The summed E-state index contributed by atoms with van der Waals surface area (Å²) in [5.74, 6) is 0.224. The number of aryl methyl sites for hydroxylation is 1. The average Bonchev–Trinajstić information content (AvgIpc) is 2.68. The van der Waals surface area contributed by atoms with Crippen molar-refractivity contribution >= 4 is 21.6 Å². The van der Waals surface area contributed by atoms with E-state index < -0.39 is 28.3 Å². The number of carbonyl (C=O) groups is 1. The van der Waals surface area contributed by atoms with Crippen LogP contribution in [0.5, 0.6) is 11.5 Å². The average molecular weight is 414 g/mol. The molecule has 0 fully saturated rings. The number of rotatable bonds is 7. The Hall–Kier alpha value is -3.23. The number of carbonyl (C=O) groups excluding carboxylic acids is 1. The van der Waals surface area contributed by atoms with Crippen LogP contribution in [0.3, 0.4) is 0 Å². The molecule has 0 bridgehead atoms. The molecule has 8 heteroatoms. The Morgan fingerprint density at radius 3 is 2.31 bits per heavy atom. The fraction of sp³-hybridized carbons (Fsp3) is 0.0952. The molecule has 0 aliphatic carbocycles. The van der Waals surface area contributed by atoms with Gasteiger partial charge in [0, 0.05) is 5.69 Å². The van der Waals surface area contributed by atoms with Gasteiger partial charge in [-0.1, -0.05) is 12.1 Å². The number of halogens is 1. The zero-order chi connectivity index (χ0) is 20.9. The third-order valence-corrected chi connectivity index (χ3v) is 5.33. The van der Waals surface area contributed by atoms with Crippen molar-refractivity contribution in [3.8, 4) is 11.5 Å². The topological polar surface area (TPSA) is 84.5 Å². The summed E-state index contributed by atoms with van der Waals surface area (Å²) in [6.07, 6.45) is 0. The maximum absolute atomic E-state index is 12.9. The van der Waals surface area contributed by atoms with Crippen LogP contribution in [0, 0.1) is 12.7 Å². The lowest BCUT2D eigenvalue weighted by Gasteiger charge is -2.09. The second-order valence-corrected chi connectivity index (χ2v) is 8.04. The fourth-order valence-electron chi connectivity index (χ4n) is 2.48. The second kappa shape index (κ2) is 8.85. The first-order chi connectivity index (χ1) is 13.8. The van der Waals surface area contributed by atoms with Gasteiger partial charge >= 0.3 is 0 Å². The minimum Gasteiger partial charge on any atom is -0.457 e. The molecule has 150 valence electrons. The lowest BCUT2D eigenvalue weighted by Crippen LogP contribution is -2.32. The standard InChI is InChI=1S/C21H19FN2O4S/c1-15-3-2-4-19(13-15)28-18-9-7-17(8-10-18)24-21(25)14-23-29(26,27)20-11-5-16(22)6-12-20/h2-13,23H,14H2,1H3,(H,24,25). The third kappa shape index (κ3) is 5.87. The molecule has 0 saturated heterocycles. The highest BCUT2D eigenvalue weighted by atomic mass is 32.2. The van der Waals surface area contributed by atoms with E-state index in [1.807, 2.05) is 31.2 Å². The summed E-state index contributed by atoms with van der Waals surface area (Å²) >= 11 is 0. The summed E-state index contributed by atoms with van der Waals surface area (Å²) in [7, 11) is -3.91. The molecule has 0 aromatic heterocycles. The quantitative estimate of drug-likeness (QED) is 0.615. The van der Waals surface area contributed by atoms with Crippen molar-refractivity contribution in [2.75, 3.05) is 11.9 Å². The van der Waals surface area contributed by atoms with Gasteiger partial charge in [0.25, 0.3) is 0 Å². The van der Waals surface area contributed by atoms with Crippen molar-refractivity contribution in [3.63, 3.8) is 0 Å². The Morgan fingerprint density at radius 1 is 0.966 bits per heavy atom. The molecule has 0 heterocycles. The highest BCUT2D eigenvalue weighted by Crippen LogP contribution is 2.23. The molecule has 0 atom stereocenters. The first-order valence-corrected chi connectivity index (χ1v) is 10.2. The monoisotopic (exact) mass is 414 g/mol. The predicted octanol–water partition coefficient (Wildman–Crippen LogP) is 3.84. The number of sulfonamides is 1. The van der Waals surface area contributed by atoms with Crippen molar-refractivity contribution in [2.24, 2.45) is 0 Å². The van der Waals surface area contributed by atoms with Crippen LogP contribution in [0.4, 0.5) is 10.1 Å². The fourth-order valence-corrected chi connectivity index (χ4v) is 3.47. The zero-order valence-corrected chi connectivity index (χ0v) is 16.4.